The van der Waals surface area contributed by atoms with Crippen LogP contribution in [0.15, 0.2) is 30.3 Å². The number of carbonyl (C=O) groups excluding carboxylic acids is 1. The standard InChI is InChI=1S/C16H15ClFN3O3S/c17-12-2-1-3-13(18)11(12)10-19-6-8-20(9-7-19)16(22)14-4-5-15(25-14)21(23)24/h1-5H,6-10H2. The van der Waals surface area contributed by atoms with Crippen LogP contribution < -0.4 is 0 Å². The van der Waals surface area contributed by atoms with Gasteiger partial charge in [0.05, 0.1) is 9.80 Å². The van der Waals surface area contributed by atoms with E-state index in [0.29, 0.717) is 48.2 Å². The van der Waals surface area contributed by atoms with E-state index < -0.39 is 4.92 Å². The summed E-state index contributed by atoms with van der Waals surface area (Å²) in [4.78, 5) is 26.7. The third-order valence-corrected chi connectivity index (χ3v) is 5.46. The van der Waals surface area contributed by atoms with Gasteiger partial charge in [0.15, 0.2) is 0 Å². The molecule has 0 atom stereocenters. The van der Waals surface area contributed by atoms with Gasteiger partial charge in [0.25, 0.3) is 5.91 Å². The molecule has 1 aromatic heterocycles. The zero-order valence-electron chi connectivity index (χ0n) is 13.2. The van der Waals surface area contributed by atoms with Gasteiger partial charge >= 0.3 is 5.00 Å². The number of amides is 1. The second kappa shape index (κ2) is 7.47. The van der Waals surface area contributed by atoms with Gasteiger partial charge < -0.3 is 4.90 Å². The van der Waals surface area contributed by atoms with E-state index in [0.717, 1.165) is 11.3 Å². The number of halogens is 2. The minimum atomic E-state index is -0.502. The fraction of sp³-hybridized carbons (Fsp3) is 0.312. The topological polar surface area (TPSA) is 66.7 Å². The molecule has 1 fully saturated rings. The summed E-state index contributed by atoms with van der Waals surface area (Å²) in [6.07, 6.45) is 0. The maximum absolute atomic E-state index is 13.9. The average molecular weight is 384 g/mol. The van der Waals surface area contributed by atoms with Crippen LogP contribution in [0.25, 0.3) is 0 Å². The summed E-state index contributed by atoms with van der Waals surface area (Å²) in [6.45, 7) is 2.53. The first kappa shape index (κ1) is 17.8. The van der Waals surface area contributed by atoms with Crippen LogP contribution in [0.3, 0.4) is 0 Å². The van der Waals surface area contributed by atoms with Gasteiger partial charge in [-0.3, -0.25) is 19.8 Å². The highest BCUT2D eigenvalue weighted by Gasteiger charge is 2.25. The summed E-state index contributed by atoms with van der Waals surface area (Å²) >= 11 is 6.93. The van der Waals surface area contributed by atoms with E-state index in [-0.39, 0.29) is 16.7 Å². The van der Waals surface area contributed by atoms with Crippen LogP contribution in [0.4, 0.5) is 9.39 Å². The molecule has 1 aliphatic rings. The molecule has 1 saturated heterocycles. The van der Waals surface area contributed by atoms with E-state index in [4.69, 9.17) is 11.6 Å². The first-order valence-electron chi connectivity index (χ1n) is 7.64. The van der Waals surface area contributed by atoms with Crippen LogP contribution in [0.1, 0.15) is 15.2 Å². The number of piperazine rings is 1. The number of nitro groups is 1. The predicted molar refractivity (Wildman–Crippen MR) is 93.6 cm³/mol. The van der Waals surface area contributed by atoms with Crippen molar-refractivity contribution < 1.29 is 14.1 Å². The van der Waals surface area contributed by atoms with Gasteiger partial charge in [-0.2, -0.15) is 0 Å². The van der Waals surface area contributed by atoms with Crippen molar-refractivity contribution in [3.63, 3.8) is 0 Å². The maximum Gasteiger partial charge on any atom is 0.324 e. The lowest BCUT2D eigenvalue weighted by molar-refractivity contribution is -0.380. The van der Waals surface area contributed by atoms with Crippen LogP contribution in [0.5, 0.6) is 0 Å². The van der Waals surface area contributed by atoms with Crippen LogP contribution in [0.2, 0.25) is 5.02 Å². The highest BCUT2D eigenvalue weighted by Crippen LogP contribution is 2.26. The second-order valence-corrected chi connectivity index (χ2v) is 7.13. The zero-order valence-corrected chi connectivity index (χ0v) is 14.7. The third-order valence-electron chi connectivity index (χ3n) is 4.09. The van der Waals surface area contributed by atoms with Crippen molar-refractivity contribution in [3.05, 3.63) is 61.7 Å². The molecule has 1 aliphatic heterocycles. The van der Waals surface area contributed by atoms with Gasteiger partial charge in [-0.05, 0) is 18.2 Å². The first-order chi connectivity index (χ1) is 12.0. The van der Waals surface area contributed by atoms with Crippen LogP contribution >= 0.6 is 22.9 Å². The number of hydrogen-bond donors (Lipinski definition) is 0. The molecule has 0 aliphatic carbocycles. The lowest BCUT2D eigenvalue weighted by atomic mass is 10.2. The van der Waals surface area contributed by atoms with Crippen molar-refractivity contribution in [1.82, 2.24) is 9.80 Å². The minimum absolute atomic E-state index is 0.0452. The van der Waals surface area contributed by atoms with Crippen molar-refractivity contribution in [2.24, 2.45) is 0 Å². The van der Waals surface area contributed by atoms with Crippen molar-refractivity contribution >= 4 is 33.8 Å². The molecule has 2 aromatic rings. The van der Waals surface area contributed by atoms with E-state index in [2.05, 4.69) is 0 Å². The third kappa shape index (κ3) is 3.97. The number of rotatable bonds is 4. The second-order valence-electron chi connectivity index (χ2n) is 5.66. The molecule has 1 amide bonds. The summed E-state index contributed by atoms with van der Waals surface area (Å²) in [5, 5.41) is 11.1. The summed E-state index contributed by atoms with van der Waals surface area (Å²) in [7, 11) is 0. The largest absolute Gasteiger partial charge is 0.335 e. The average Bonchev–Trinajstić information content (AvgIpc) is 3.09. The minimum Gasteiger partial charge on any atom is -0.335 e. The van der Waals surface area contributed by atoms with E-state index >= 15 is 0 Å². The Morgan fingerprint density at radius 3 is 2.56 bits per heavy atom. The smallest absolute Gasteiger partial charge is 0.324 e. The monoisotopic (exact) mass is 383 g/mol. The van der Waals surface area contributed by atoms with Crippen molar-refractivity contribution in [2.45, 2.75) is 6.54 Å². The van der Waals surface area contributed by atoms with E-state index in [1.807, 2.05) is 4.90 Å². The normalized spacial score (nSPS) is 15.4. The fourth-order valence-corrected chi connectivity index (χ4v) is 3.72. The number of thiophene rings is 1. The van der Waals surface area contributed by atoms with Gasteiger partial charge in [-0.15, -0.1) is 0 Å². The molecule has 25 heavy (non-hydrogen) atoms. The Morgan fingerprint density at radius 2 is 1.96 bits per heavy atom. The Bertz CT molecular complexity index is 785. The zero-order chi connectivity index (χ0) is 18.0. The molecular formula is C16H15ClFN3O3S. The Kier molecular flexibility index (Phi) is 5.31. The van der Waals surface area contributed by atoms with E-state index in [9.17, 15) is 19.3 Å². The van der Waals surface area contributed by atoms with Gasteiger partial charge in [0.1, 0.15) is 5.82 Å². The SMILES string of the molecule is O=C(c1ccc([N+](=O)[O-])s1)N1CCN(Cc2c(F)cccc2Cl)CC1. The maximum atomic E-state index is 13.9. The molecule has 0 N–H and O–H groups in total. The Morgan fingerprint density at radius 1 is 1.24 bits per heavy atom. The number of carbonyl (C=O) groups is 1. The number of benzene rings is 1. The molecule has 132 valence electrons. The lowest BCUT2D eigenvalue weighted by Gasteiger charge is -2.34. The van der Waals surface area contributed by atoms with Gasteiger partial charge in [0.2, 0.25) is 0 Å². The van der Waals surface area contributed by atoms with Crippen molar-refractivity contribution in [1.29, 1.82) is 0 Å². The van der Waals surface area contributed by atoms with Crippen LogP contribution in [-0.4, -0.2) is 46.8 Å². The highest BCUT2D eigenvalue weighted by molar-refractivity contribution is 7.17. The lowest BCUT2D eigenvalue weighted by Crippen LogP contribution is -2.48. The first-order valence-corrected chi connectivity index (χ1v) is 8.84. The Balaban J connectivity index is 1.59. The number of nitrogens with zero attached hydrogens (tertiary/aromatic N) is 3. The van der Waals surface area contributed by atoms with Crippen molar-refractivity contribution in [3.8, 4) is 0 Å². The van der Waals surface area contributed by atoms with Gasteiger partial charge in [-0.25, -0.2) is 4.39 Å². The quantitative estimate of drug-likeness (QED) is 0.599. The summed E-state index contributed by atoms with van der Waals surface area (Å²) in [5.74, 6) is -0.543. The molecule has 0 bridgehead atoms. The molecule has 0 unspecified atom stereocenters. The molecular weight excluding hydrogens is 369 g/mol. The molecule has 1 aromatic carbocycles. The molecule has 0 saturated carbocycles. The summed E-state index contributed by atoms with van der Waals surface area (Å²) in [5.41, 5.74) is 0.456. The molecule has 0 radical (unpaired) electrons. The summed E-state index contributed by atoms with van der Waals surface area (Å²) in [6, 6.07) is 7.43. The molecule has 3 rings (SSSR count). The molecule has 9 heteroatoms. The van der Waals surface area contributed by atoms with Crippen LogP contribution in [-0.2, 0) is 6.54 Å². The fourth-order valence-electron chi connectivity index (χ4n) is 2.71. The summed E-state index contributed by atoms with van der Waals surface area (Å²) < 4.78 is 13.9. The predicted octanol–water partition coefficient (Wildman–Crippen LogP) is 3.41. The Labute approximate surface area is 152 Å². The van der Waals surface area contributed by atoms with E-state index in [1.54, 1.807) is 17.0 Å². The van der Waals surface area contributed by atoms with Crippen LogP contribution in [0, 0.1) is 15.9 Å². The van der Waals surface area contributed by atoms with Crippen molar-refractivity contribution in [2.75, 3.05) is 26.2 Å². The molecule has 2 heterocycles. The van der Waals surface area contributed by atoms with Gasteiger partial charge in [-0.1, -0.05) is 29.0 Å². The van der Waals surface area contributed by atoms with E-state index in [1.165, 1.54) is 18.2 Å². The molecule has 6 nitrogen and oxygen atoms in total. The Hall–Kier alpha value is -2.03. The molecule has 0 spiro atoms. The number of hydrogen-bond acceptors (Lipinski definition) is 5. The van der Waals surface area contributed by atoms with Gasteiger partial charge in [0, 0.05) is 49.4 Å². The highest BCUT2D eigenvalue weighted by atomic mass is 35.5.